The van der Waals surface area contributed by atoms with Gasteiger partial charge in [-0.05, 0) is 42.5 Å². The first kappa shape index (κ1) is 21.2. The fourth-order valence-electron chi connectivity index (χ4n) is 3.18. The second-order valence-corrected chi connectivity index (χ2v) is 7.73. The Bertz CT molecular complexity index is 1410. The van der Waals surface area contributed by atoms with E-state index >= 15 is 0 Å². The van der Waals surface area contributed by atoms with Crippen LogP contribution in [-0.4, -0.2) is 28.3 Å². The van der Waals surface area contributed by atoms with Crippen molar-refractivity contribution in [2.75, 3.05) is 18.2 Å². The number of nitrogens with zero attached hydrogens (tertiary/aromatic N) is 3. The zero-order valence-corrected chi connectivity index (χ0v) is 17.9. The van der Waals surface area contributed by atoms with Crippen LogP contribution in [0.4, 0.5) is 5.69 Å². The zero-order valence-electron chi connectivity index (χ0n) is 17.1. The Kier molecular flexibility index (Phi) is 6.19. The highest BCUT2D eigenvalue weighted by atomic mass is 32.2. The van der Waals surface area contributed by atoms with Gasteiger partial charge in [0.1, 0.15) is 5.75 Å². The monoisotopic (exact) mass is 442 g/mol. The first-order valence-electron chi connectivity index (χ1n) is 9.68. The van der Waals surface area contributed by atoms with Crippen LogP contribution in [0.2, 0.25) is 0 Å². The summed E-state index contributed by atoms with van der Waals surface area (Å²) in [6, 6.07) is 22.9. The minimum atomic E-state index is -0.273. The molecule has 0 aliphatic heterocycles. The molecule has 0 aliphatic rings. The van der Waals surface area contributed by atoms with E-state index in [-0.39, 0.29) is 17.2 Å². The van der Waals surface area contributed by atoms with E-state index in [1.54, 1.807) is 73.8 Å². The third-order valence-corrected chi connectivity index (χ3v) is 5.60. The van der Waals surface area contributed by atoms with Gasteiger partial charge in [-0.3, -0.25) is 14.2 Å². The standard InChI is InChI=1S/C24H18N4O3S/c1-31-19-9-5-8-18(13-19)28-23(30)20-10-2-3-11-21(20)27-24(28)32-15-22(29)26-17-7-4-6-16(12-17)14-25/h2-13H,15H2,1H3,(H,26,29). The van der Waals surface area contributed by atoms with E-state index in [0.29, 0.717) is 38.7 Å². The Morgan fingerprint density at radius 3 is 2.75 bits per heavy atom. The summed E-state index contributed by atoms with van der Waals surface area (Å²) in [6.07, 6.45) is 0. The number of aromatic nitrogens is 2. The molecule has 1 heterocycles. The number of ether oxygens (including phenoxy) is 1. The average Bonchev–Trinajstić information content (AvgIpc) is 2.83. The number of para-hydroxylation sites is 1. The lowest BCUT2D eigenvalue weighted by atomic mass is 10.2. The van der Waals surface area contributed by atoms with Gasteiger partial charge >= 0.3 is 0 Å². The number of hydrogen-bond donors (Lipinski definition) is 1. The Balaban J connectivity index is 1.67. The van der Waals surface area contributed by atoms with Gasteiger partial charge in [-0.2, -0.15) is 5.26 Å². The molecule has 1 N–H and O–H groups in total. The lowest BCUT2D eigenvalue weighted by molar-refractivity contribution is -0.113. The molecule has 0 spiro atoms. The molecule has 4 rings (SSSR count). The number of fused-ring (bicyclic) bond motifs is 1. The van der Waals surface area contributed by atoms with Crippen molar-refractivity contribution >= 4 is 34.3 Å². The van der Waals surface area contributed by atoms with Gasteiger partial charge in [-0.25, -0.2) is 4.98 Å². The molecule has 0 atom stereocenters. The highest BCUT2D eigenvalue weighted by Gasteiger charge is 2.15. The second-order valence-electron chi connectivity index (χ2n) is 6.78. The number of thioether (sulfide) groups is 1. The molecule has 32 heavy (non-hydrogen) atoms. The van der Waals surface area contributed by atoms with Crippen molar-refractivity contribution < 1.29 is 9.53 Å². The molecule has 0 radical (unpaired) electrons. The van der Waals surface area contributed by atoms with Crippen molar-refractivity contribution in [3.63, 3.8) is 0 Å². The van der Waals surface area contributed by atoms with E-state index in [1.807, 2.05) is 12.1 Å². The molecule has 0 bridgehead atoms. The van der Waals surface area contributed by atoms with Crippen molar-refractivity contribution in [1.29, 1.82) is 5.26 Å². The van der Waals surface area contributed by atoms with E-state index in [4.69, 9.17) is 10.00 Å². The van der Waals surface area contributed by atoms with Gasteiger partial charge in [0.2, 0.25) is 5.91 Å². The Labute approximate surface area is 188 Å². The fourth-order valence-corrected chi connectivity index (χ4v) is 3.99. The first-order valence-corrected chi connectivity index (χ1v) is 10.7. The van der Waals surface area contributed by atoms with Crippen LogP contribution in [0, 0.1) is 11.3 Å². The van der Waals surface area contributed by atoms with Crippen molar-refractivity contribution in [2.45, 2.75) is 5.16 Å². The molecular weight excluding hydrogens is 424 g/mol. The van der Waals surface area contributed by atoms with Crippen molar-refractivity contribution in [3.05, 3.63) is 88.7 Å². The molecule has 0 saturated carbocycles. The van der Waals surface area contributed by atoms with Gasteiger partial charge in [0, 0.05) is 11.8 Å². The number of nitrogens with one attached hydrogen (secondary N) is 1. The number of hydrogen-bond acceptors (Lipinski definition) is 6. The van der Waals surface area contributed by atoms with Gasteiger partial charge in [-0.15, -0.1) is 0 Å². The van der Waals surface area contributed by atoms with Crippen LogP contribution in [0.5, 0.6) is 5.75 Å². The zero-order chi connectivity index (χ0) is 22.5. The van der Waals surface area contributed by atoms with Crippen LogP contribution in [0.15, 0.2) is 82.7 Å². The quantitative estimate of drug-likeness (QED) is 0.358. The first-order chi connectivity index (χ1) is 15.6. The number of amides is 1. The van der Waals surface area contributed by atoms with Crippen molar-refractivity contribution in [2.24, 2.45) is 0 Å². The smallest absolute Gasteiger partial charge is 0.266 e. The molecular formula is C24H18N4O3S. The molecule has 8 heteroatoms. The molecule has 0 fully saturated rings. The third kappa shape index (κ3) is 4.48. The van der Waals surface area contributed by atoms with Crippen LogP contribution in [0.3, 0.4) is 0 Å². The number of methoxy groups -OCH3 is 1. The summed E-state index contributed by atoms with van der Waals surface area (Å²) < 4.78 is 6.78. The van der Waals surface area contributed by atoms with Crippen LogP contribution >= 0.6 is 11.8 Å². The van der Waals surface area contributed by atoms with E-state index in [1.165, 1.54) is 4.57 Å². The summed E-state index contributed by atoms with van der Waals surface area (Å²) in [4.78, 5) is 30.5. The maximum atomic E-state index is 13.3. The Morgan fingerprint density at radius 1 is 1.12 bits per heavy atom. The summed E-state index contributed by atoms with van der Waals surface area (Å²) in [5.74, 6) is 0.365. The summed E-state index contributed by atoms with van der Waals surface area (Å²) in [6.45, 7) is 0. The molecule has 158 valence electrons. The van der Waals surface area contributed by atoms with Gasteiger partial charge < -0.3 is 10.1 Å². The number of nitriles is 1. The van der Waals surface area contributed by atoms with Crippen LogP contribution in [0.1, 0.15) is 5.56 Å². The number of carbonyl (C=O) groups excluding carboxylic acids is 1. The molecule has 0 unspecified atom stereocenters. The Hall–Kier alpha value is -4.09. The number of benzene rings is 3. The normalized spacial score (nSPS) is 10.5. The van der Waals surface area contributed by atoms with Crippen LogP contribution in [-0.2, 0) is 4.79 Å². The number of rotatable bonds is 6. The average molecular weight is 443 g/mol. The van der Waals surface area contributed by atoms with Gasteiger partial charge in [0.15, 0.2) is 5.16 Å². The van der Waals surface area contributed by atoms with Crippen LogP contribution in [0.25, 0.3) is 16.6 Å². The third-order valence-electron chi connectivity index (χ3n) is 4.66. The predicted octanol–water partition coefficient (Wildman–Crippen LogP) is 4.00. The van der Waals surface area contributed by atoms with E-state index in [0.717, 1.165) is 11.8 Å². The largest absolute Gasteiger partial charge is 0.497 e. The predicted molar refractivity (Wildman–Crippen MR) is 124 cm³/mol. The van der Waals surface area contributed by atoms with Gasteiger partial charge in [0.25, 0.3) is 5.56 Å². The molecule has 0 aliphatic carbocycles. The number of carbonyl (C=O) groups is 1. The summed E-state index contributed by atoms with van der Waals surface area (Å²) >= 11 is 1.16. The highest BCUT2D eigenvalue weighted by Crippen LogP contribution is 2.24. The van der Waals surface area contributed by atoms with Crippen LogP contribution < -0.4 is 15.6 Å². The van der Waals surface area contributed by atoms with E-state index in [9.17, 15) is 9.59 Å². The topological polar surface area (TPSA) is 97.0 Å². The molecule has 4 aromatic rings. The molecule has 1 aromatic heterocycles. The summed E-state index contributed by atoms with van der Waals surface area (Å²) in [7, 11) is 1.56. The minimum Gasteiger partial charge on any atom is -0.497 e. The molecule has 7 nitrogen and oxygen atoms in total. The lowest BCUT2D eigenvalue weighted by Gasteiger charge is -2.14. The van der Waals surface area contributed by atoms with Gasteiger partial charge in [0.05, 0.1) is 41.1 Å². The van der Waals surface area contributed by atoms with Crippen molar-refractivity contribution in [1.82, 2.24) is 9.55 Å². The molecule has 0 saturated heterocycles. The Morgan fingerprint density at radius 2 is 1.94 bits per heavy atom. The lowest BCUT2D eigenvalue weighted by Crippen LogP contribution is -2.23. The van der Waals surface area contributed by atoms with E-state index in [2.05, 4.69) is 10.3 Å². The second kappa shape index (κ2) is 9.37. The molecule has 1 amide bonds. The van der Waals surface area contributed by atoms with Gasteiger partial charge in [-0.1, -0.05) is 36.0 Å². The fraction of sp³-hybridized carbons (Fsp3) is 0.0833. The maximum Gasteiger partial charge on any atom is 0.266 e. The summed E-state index contributed by atoms with van der Waals surface area (Å²) in [5.41, 5.74) is 1.91. The van der Waals surface area contributed by atoms with Crippen molar-refractivity contribution in [3.8, 4) is 17.5 Å². The highest BCUT2D eigenvalue weighted by molar-refractivity contribution is 7.99. The SMILES string of the molecule is COc1cccc(-n2c(SCC(=O)Nc3cccc(C#N)c3)nc3ccccc3c2=O)c1. The summed E-state index contributed by atoms with van der Waals surface area (Å²) in [5, 5.41) is 12.7. The number of anilines is 1. The maximum absolute atomic E-state index is 13.3. The van der Waals surface area contributed by atoms with E-state index < -0.39 is 0 Å². The minimum absolute atomic E-state index is 0.0333. The molecule has 3 aromatic carbocycles.